The molecule has 0 saturated heterocycles. The van der Waals surface area contributed by atoms with Gasteiger partial charge >= 0.3 is 0 Å². The highest BCUT2D eigenvalue weighted by molar-refractivity contribution is 5.61. The highest BCUT2D eigenvalue weighted by Gasteiger charge is 2.19. The summed E-state index contributed by atoms with van der Waals surface area (Å²) < 4.78 is 4.93. The van der Waals surface area contributed by atoms with Gasteiger partial charge in [0, 0.05) is 38.1 Å². The summed E-state index contributed by atoms with van der Waals surface area (Å²) in [5.74, 6) is 0. The molecule has 0 amide bonds. The van der Waals surface area contributed by atoms with Gasteiger partial charge in [-0.2, -0.15) is 5.26 Å². The molecule has 0 aliphatic rings. The fraction of sp³-hybridized carbons (Fsp3) is 0.462. The third-order valence-electron chi connectivity index (χ3n) is 2.69. The number of nitrogens with two attached hydrogens (primary N) is 1. The van der Waals surface area contributed by atoms with Crippen LogP contribution in [0, 0.1) is 11.3 Å². The third kappa shape index (κ3) is 4.24. The van der Waals surface area contributed by atoms with Gasteiger partial charge in [-0.25, -0.2) is 0 Å². The number of nitrogens with zero attached hydrogens (tertiary/aromatic N) is 1. The number of nitrogen functional groups attached to an aromatic ring is 1. The van der Waals surface area contributed by atoms with Crippen LogP contribution in [0.1, 0.15) is 18.9 Å². The quantitative estimate of drug-likeness (QED) is 0.662. The number of anilines is 2. The van der Waals surface area contributed by atoms with Crippen molar-refractivity contribution in [2.24, 2.45) is 0 Å². The van der Waals surface area contributed by atoms with Gasteiger partial charge in [0.2, 0.25) is 0 Å². The van der Waals surface area contributed by atoms with Gasteiger partial charge in [-0.3, -0.25) is 0 Å². The minimum absolute atomic E-state index is 0.380. The number of nitrogens with one attached hydrogen (secondary N) is 1. The average Bonchev–Trinajstić information content (AvgIpc) is 2.35. The normalized spacial score (nSPS) is 13.7. The Morgan fingerprint density at radius 1 is 1.56 bits per heavy atom. The second kappa shape index (κ2) is 6.24. The predicted molar refractivity (Wildman–Crippen MR) is 71.2 cm³/mol. The molecule has 5 nitrogen and oxygen atoms in total. The molecule has 0 fully saturated rings. The molecule has 1 aromatic rings. The van der Waals surface area contributed by atoms with E-state index in [4.69, 9.17) is 15.7 Å². The summed E-state index contributed by atoms with van der Waals surface area (Å²) in [5, 5.41) is 22.0. The highest BCUT2D eigenvalue weighted by Crippen LogP contribution is 2.18. The lowest BCUT2D eigenvalue weighted by atomic mass is 10.0. The van der Waals surface area contributed by atoms with E-state index in [0.717, 1.165) is 5.69 Å². The van der Waals surface area contributed by atoms with Crippen molar-refractivity contribution in [3.05, 3.63) is 23.8 Å². The largest absolute Gasteiger partial charge is 0.398 e. The van der Waals surface area contributed by atoms with Gasteiger partial charge < -0.3 is 20.9 Å². The number of hydrogen-bond acceptors (Lipinski definition) is 5. The van der Waals surface area contributed by atoms with Crippen LogP contribution in [0.5, 0.6) is 0 Å². The molecule has 0 heterocycles. The third-order valence-corrected chi connectivity index (χ3v) is 2.69. The van der Waals surface area contributed by atoms with Gasteiger partial charge in [-0.1, -0.05) is 0 Å². The van der Waals surface area contributed by atoms with Crippen molar-refractivity contribution in [2.45, 2.75) is 18.9 Å². The summed E-state index contributed by atoms with van der Waals surface area (Å²) in [6.07, 6.45) is 0.538. The lowest BCUT2D eigenvalue weighted by Gasteiger charge is -2.24. The van der Waals surface area contributed by atoms with Gasteiger partial charge in [0.25, 0.3) is 0 Å². The first-order chi connectivity index (χ1) is 8.48. The first-order valence-corrected chi connectivity index (χ1v) is 5.73. The number of benzene rings is 1. The molecule has 0 aliphatic carbocycles. The van der Waals surface area contributed by atoms with Crippen molar-refractivity contribution in [2.75, 3.05) is 31.3 Å². The van der Waals surface area contributed by atoms with Crippen molar-refractivity contribution < 1.29 is 9.84 Å². The molecule has 1 atom stereocenters. The van der Waals surface area contributed by atoms with Crippen LogP contribution < -0.4 is 11.1 Å². The zero-order valence-corrected chi connectivity index (χ0v) is 10.7. The first-order valence-electron chi connectivity index (χ1n) is 5.73. The maximum absolute atomic E-state index is 10.1. The van der Waals surface area contributed by atoms with E-state index in [-0.39, 0.29) is 0 Å². The molecule has 0 saturated carbocycles. The molecule has 4 N–H and O–H groups in total. The van der Waals surface area contributed by atoms with E-state index in [1.807, 2.05) is 6.07 Å². The number of methoxy groups -OCH3 is 1. The molecule has 1 unspecified atom stereocenters. The fourth-order valence-electron chi connectivity index (χ4n) is 1.47. The van der Waals surface area contributed by atoms with Crippen LogP contribution in [0.2, 0.25) is 0 Å². The van der Waals surface area contributed by atoms with Crippen LogP contribution in [0.25, 0.3) is 0 Å². The monoisotopic (exact) mass is 249 g/mol. The number of aliphatic hydroxyl groups is 1. The maximum atomic E-state index is 10.1. The van der Waals surface area contributed by atoms with E-state index in [0.29, 0.717) is 30.8 Å². The Morgan fingerprint density at radius 3 is 2.89 bits per heavy atom. The Morgan fingerprint density at radius 2 is 2.28 bits per heavy atom. The zero-order valence-electron chi connectivity index (χ0n) is 10.7. The molecule has 18 heavy (non-hydrogen) atoms. The number of hydrogen-bond donors (Lipinski definition) is 3. The molecule has 0 spiro atoms. The van der Waals surface area contributed by atoms with E-state index in [1.54, 1.807) is 32.2 Å². The maximum Gasteiger partial charge on any atom is 0.101 e. The highest BCUT2D eigenvalue weighted by atomic mass is 16.5. The molecule has 0 radical (unpaired) electrons. The van der Waals surface area contributed by atoms with E-state index in [9.17, 15) is 5.11 Å². The number of rotatable bonds is 6. The Hall–Kier alpha value is -1.77. The summed E-state index contributed by atoms with van der Waals surface area (Å²) >= 11 is 0. The van der Waals surface area contributed by atoms with E-state index in [2.05, 4.69) is 5.32 Å². The molecule has 0 aromatic heterocycles. The summed E-state index contributed by atoms with van der Waals surface area (Å²) in [6.45, 7) is 2.62. The Balaban J connectivity index is 2.61. The minimum atomic E-state index is -0.857. The average molecular weight is 249 g/mol. The summed E-state index contributed by atoms with van der Waals surface area (Å²) in [7, 11) is 1.60. The van der Waals surface area contributed by atoms with Gasteiger partial charge in [0.15, 0.2) is 0 Å². The number of ether oxygens (including phenoxy) is 1. The Bertz CT molecular complexity index is 438. The topological polar surface area (TPSA) is 91.3 Å². The molecule has 5 heteroatoms. The molecule has 98 valence electrons. The van der Waals surface area contributed by atoms with Crippen molar-refractivity contribution in [1.29, 1.82) is 5.26 Å². The molecule has 1 rings (SSSR count). The number of nitriles is 1. The lowest BCUT2D eigenvalue weighted by Crippen LogP contribution is -2.34. The summed E-state index contributed by atoms with van der Waals surface area (Å²) in [5.41, 5.74) is 6.42. The molecule has 1 aromatic carbocycles. The van der Waals surface area contributed by atoms with Crippen molar-refractivity contribution in [3.63, 3.8) is 0 Å². The van der Waals surface area contributed by atoms with E-state index < -0.39 is 5.60 Å². The molecule has 0 aliphatic heterocycles. The van der Waals surface area contributed by atoms with Crippen LogP contribution in [-0.2, 0) is 4.74 Å². The molecular weight excluding hydrogens is 230 g/mol. The van der Waals surface area contributed by atoms with Crippen molar-refractivity contribution in [1.82, 2.24) is 0 Å². The second-order valence-electron chi connectivity index (χ2n) is 4.51. The van der Waals surface area contributed by atoms with Crippen LogP contribution in [0.15, 0.2) is 18.2 Å². The van der Waals surface area contributed by atoms with E-state index >= 15 is 0 Å². The van der Waals surface area contributed by atoms with E-state index in [1.165, 1.54) is 0 Å². The fourth-order valence-corrected chi connectivity index (χ4v) is 1.47. The second-order valence-corrected chi connectivity index (χ2v) is 4.51. The lowest BCUT2D eigenvalue weighted by molar-refractivity contribution is 0.0357. The van der Waals surface area contributed by atoms with Gasteiger partial charge in [0.1, 0.15) is 6.07 Å². The van der Waals surface area contributed by atoms with Gasteiger partial charge in [-0.05, 0) is 25.1 Å². The van der Waals surface area contributed by atoms with Crippen molar-refractivity contribution in [3.8, 4) is 6.07 Å². The Kier molecular flexibility index (Phi) is 4.95. The SMILES string of the molecule is COCCC(C)(O)CNc1ccc(N)c(C#N)c1. The van der Waals surface area contributed by atoms with Crippen molar-refractivity contribution >= 4 is 11.4 Å². The zero-order chi connectivity index (χ0) is 13.6. The Labute approximate surface area is 107 Å². The molecular formula is C13H19N3O2. The standard InChI is InChI=1S/C13H19N3O2/c1-13(17,5-6-18-2)9-16-11-3-4-12(15)10(7-11)8-14/h3-4,7,16-17H,5-6,9,15H2,1-2H3. The van der Waals surface area contributed by atoms with Crippen LogP contribution in [0.4, 0.5) is 11.4 Å². The smallest absolute Gasteiger partial charge is 0.101 e. The van der Waals surface area contributed by atoms with Crippen LogP contribution in [-0.4, -0.2) is 31.0 Å². The summed E-state index contributed by atoms with van der Waals surface area (Å²) in [6, 6.07) is 7.14. The van der Waals surface area contributed by atoms with Gasteiger partial charge in [0.05, 0.1) is 11.2 Å². The predicted octanol–water partition coefficient (Wildman–Crippen LogP) is 1.34. The molecule has 0 bridgehead atoms. The first kappa shape index (κ1) is 14.3. The minimum Gasteiger partial charge on any atom is -0.398 e. The van der Waals surface area contributed by atoms with Crippen LogP contribution >= 0.6 is 0 Å². The summed E-state index contributed by atoms with van der Waals surface area (Å²) in [4.78, 5) is 0. The van der Waals surface area contributed by atoms with Gasteiger partial charge in [-0.15, -0.1) is 0 Å². The van der Waals surface area contributed by atoms with Crippen LogP contribution in [0.3, 0.4) is 0 Å².